The van der Waals surface area contributed by atoms with Gasteiger partial charge in [0.05, 0.1) is 6.04 Å². The average Bonchev–Trinajstić information content (AvgIpc) is 3.17. The maximum Gasteiger partial charge on any atom is 0.239 e. The van der Waals surface area contributed by atoms with Crippen LogP contribution >= 0.6 is 0 Å². The molecule has 3 rings (SSSR count). The quantitative estimate of drug-likeness (QED) is 0.908. The molecule has 2 amide bonds. The number of nitrogens with one attached hydrogen (secondary N) is 1. The van der Waals surface area contributed by atoms with Gasteiger partial charge >= 0.3 is 0 Å². The maximum atomic E-state index is 12.5. The molecule has 0 spiro atoms. The lowest BCUT2D eigenvalue weighted by atomic mass is 9.95. The molecule has 0 radical (unpaired) electrons. The first-order valence-electron chi connectivity index (χ1n) is 9.31. The summed E-state index contributed by atoms with van der Waals surface area (Å²) in [5.74, 6) is 0.878. The van der Waals surface area contributed by atoms with E-state index in [1.54, 1.807) is 6.20 Å². The van der Waals surface area contributed by atoms with Gasteiger partial charge in [0.2, 0.25) is 11.8 Å². The Morgan fingerprint density at radius 3 is 2.44 bits per heavy atom. The van der Waals surface area contributed by atoms with Crippen molar-refractivity contribution < 1.29 is 9.59 Å². The van der Waals surface area contributed by atoms with E-state index in [2.05, 4.69) is 15.2 Å². The van der Waals surface area contributed by atoms with Gasteiger partial charge in [-0.05, 0) is 64.3 Å². The summed E-state index contributed by atoms with van der Waals surface area (Å²) < 4.78 is 0. The molecule has 6 nitrogen and oxygen atoms in total. The van der Waals surface area contributed by atoms with Gasteiger partial charge in [-0.15, -0.1) is 0 Å². The topological polar surface area (TPSA) is 65.5 Å². The molecule has 0 unspecified atom stereocenters. The van der Waals surface area contributed by atoms with Crippen LogP contribution in [-0.2, 0) is 9.59 Å². The minimum Gasteiger partial charge on any atom is -0.341 e. The first kappa shape index (κ1) is 17.9. The SMILES string of the molecule is Cc1ccc(NC(=O)C2CCN([C@H](C)C(=O)N3CCCC3)CC2)nc1. The first-order valence-corrected chi connectivity index (χ1v) is 9.31. The predicted octanol–water partition coefficient (Wildman–Crippen LogP) is 2.05. The van der Waals surface area contributed by atoms with Crippen LogP contribution in [0.15, 0.2) is 18.3 Å². The molecular weight excluding hydrogens is 316 g/mol. The lowest BCUT2D eigenvalue weighted by molar-refractivity contribution is -0.136. The highest BCUT2D eigenvalue weighted by Crippen LogP contribution is 2.22. The molecule has 0 aromatic carbocycles. The van der Waals surface area contributed by atoms with Crippen molar-refractivity contribution in [3.05, 3.63) is 23.9 Å². The Morgan fingerprint density at radius 2 is 1.84 bits per heavy atom. The highest BCUT2D eigenvalue weighted by Gasteiger charge is 2.32. The van der Waals surface area contributed by atoms with Crippen molar-refractivity contribution in [3.63, 3.8) is 0 Å². The lowest BCUT2D eigenvalue weighted by Gasteiger charge is -2.36. The van der Waals surface area contributed by atoms with Gasteiger partial charge in [-0.2, -0.15) is 0 Å². The van der Waals surface area contributed by atoms with Crippen LogP contribution in [0, 0.1) is 12.8 Å². The van der Waals surface area contributed by atoms with Crippen molar-refractivity contribution in [1.29, 1.82) is 0 Å². The monoisotopic (exact) mass is 344 g/mol. The number of hydrogen-bond acceptors (Lipinski definition) is 4. The van der Waals surface area contributed by atoms with Gasteiger partial charge in [-0.3, -0.25) is 14.5 Å². The molecule has 0 aliphatic carbocycles. The van der Waals surface area contributed by atoms with Crippen LogP contribution in [0.1, 0.15) is 38.2 Å². The number of anilines is 1. The average molecular weight is 344 g/mol. The lowest BCUT2D eigenvalue weighted by Crippen LogP contribution is -2.50. The van der Waals surface area contributed by atoms with Crippen LogP contribution in [0.3, 0.4) is 0 Å². The largest absolute Gasteiger partial charge is 0.341 e. The number of carbonyl (C=O) groups is 2. The zero-order valence-electron chi connectivity index (χ0n) is 15.2. The molecular formula is C19H28N4O2. The fourth-order valence-corrected chi connectivity index (χ4v) is 3.68. The van der Waals surface area contributed by atoms with Gasteiger partial charge < -0.3 is 10.2 Å². The van der Waals surface area contributed by atoms with Crippen molar-refractivity contribution in [2.75, 3.05) is 31.5 Å². The summed E-state index contributed by atoms with van der Waals surface area (Å²) in [7, 11) is 0. The third-order valence-corrected chi connectivity index (χ3v) is 5.39. The molecule has 6 heteroatoms. The number of nitrogens with zero attached hydrogens (tertiary/aromatic N) is 3. The molecule has 1 aromatic heterocycles. The number of amides is 2. The van der Waals surface area contributed by atoms with Crippen LogP contribution in [0.5, 0.6) is 0 Å². The van der Waals surface area contributed by atoms with E-state index >= 15 is 0 Å². The molecule has 0 bridgehead atoms. The van der Waals surface area contributed by atoms with Crippen molar-refractivity contribution >= 4 is 17.6 Å². The minimum atomic E-state index is -0.0825. The van der Waals surface area contributed by atoms with Gasteiger partial charge in [0, 0.05) is 25.2 Å². The van der Waals surface area contributed by atoms with Crippen molar-refractivity contribution in [3.8, 4) is 0 Å². The first-order chi connectivity index (χ1) is 12.0. The van der Waals surface area contributed by atoms with Crippen LogP contribution in [0.25, 0.3) is 0 Å². The van der Waals surface area contributed by atoms with Crippen molar-refractivity contribution in [2.24, 2.45) is 5.92 Å². The number of hydrogen-bond donors (Lipinski definition) is 1. The second-order valence-corrected chi connectivity index (χ2v) is 7.23. The van der Waals surface area contributed by atoms with Crippen LogP contribution in [0.4, 0.5) is 5.82 Å². The molecule has 2 fully saturated rings. The van der Waals surface area contributed by atoms with E-state index in [0.29, 0.717) is 5.82 Å². The number of aryl methyl sites for hydroxylation is 1. The maximum absolute atomic E-state index is 12.5. The Labute approximate surface area is 149 Å². The Morgan fingerprint density at radius 1 is 1.16 bits per heavy atom. The Balaban J connectivity index is 1.48. The summed E-state index contributed by atoms with van der Waals surface area (Å²) >= 11 is 0. The number of rotatable bonds is 4. The summed E-state index contributed by atoms with van der Waals surface area (Å²) in [4.78, 5) is 33.4. The molecule has 25 heavy (non-hydrogen) atoms. The smallest absolute Gasteiger partial charge is 0.239 e. The number of pyridine rings is 1. The van der Waals surface area contributed by atoms with E-state index in [1.165, 1.54) is 0 Å². The van der Waals surface area contributed by atoms with E-state index in [9.17, 15) is 9.59 Å². The fourth-order valence-electron chi connectivity index (χ4n) is 3.68. The van der Waals surface area contributed by atoms with E-state index < -0.39 is 0 Å². The number of carbonyl (C=O) groups excluding carboxylic acids is 2. The van der Waals surface area contributed by atoms with E-state index in [-0.39, 0.29) is 23.8 Å². The normalized spacial score (nSPS) is 20.5. The van der Waals surface area contributed by atoms with Crippen LogP contribution in [-0.4, -0.2) is 58.8 Å². The second-order valence-electron chi connectivity index (χ2n) is 7.23. The van der Waals surface area contributed by atoms with Crippen LogP contribution < -0.4 is 5.32 Å². The molecule has 0 saturated carbocycles. The summed E-state index contributed by atoms with van der Waals surface area (Å²) in [5, 5.41) is 2.91. The molecule has 2 aliphatic rings. The molecule has 1 atom stereocenters. The third-order valence-electron chi connectivity index (χ3n) is 5.39. The van der Waals surface area contributed by atoms with Gasteiger partial charge in [0.25, 0.3) is 0 Å². The summed E-state index contributed by atoms with van der Waals surface area (Å²) in [6.07, 6.45) is 5.57. The highest BCUT2D eigenvalue weighted by molar-refractivity contribution is 5.91. The highest BCUT2D eigenvalue weighted by atomic mass is 16.2. The Kier molecular flexibility index (Phi) is 5.68. The second kappa shape index (κ2) is 7.95. The van der Waals surface area contributed by atoms with Crippen LogP contribution in [0.2, 0.25) is 0 Å². The van der Waals surface area contributed by atoms with E-state index in [0.717, 1.165) is 57.4 Å². The molecule has 1 aromatic rings. The zero-order chi connectivity index (χ0) is 17.8. The van der Waals surface area contributed by atoms with E-state index in [4.69, 9.17) is 0 Å². The van der Waals surface area contributed by atoms with Crippen molar-refractivity contribution in [1.82, 2.24) is 14.8 Å². The van der Waals surface area contributed by atoms with Gasteiger partial charge in [-0.1, -0.05) is 6.07 Å². The van der Waals surface area contributed by atoms with Gasteiger partial charge in [0.1, 0.15) is 5.82 Å². The zero-order valence-corrected chi connectivity index (χ0v) is 15.2. The number of piperidine rings is 1. The fraction of sp³-hybridized carbons (Fsp3) is 0.632. The Bertz CT molecular complexity index is 602. The molecule has 136 valence electrons. The number of likely N-dealkylation sites (tertiary alicyclic amines) is 2. The van der Waals surface area contributed by atoms with E-state index in [1.807, 2.05) is 30.9 Å². The summed E-state index contributed by atoms with van der Waals surface area (Å²) in [6, 6.07) is 3.69. The van der Waals surface area contributed by atoms with Gasteiger partial charge in [0.15, 0.2) is 0 Å². The summed E-state index contributed by atoms with van der Waals surface area (Å²) in [6.45, 7) is 7.34. The number of aromatic nitrogens is 1. The van der Waals surface area contributed by atoms with Crippen molar-refractivity contribution in [2.45, 2.75) is 45.6 Å². The predicted molar refractivity (Wildman–Crippen MR) is 97.2 cm³/mol. The standard InChI is InChI=1S/C19H28N4O2/c1-14-5-6-17(20-13-14)21-18(24)16-7-11-22(12-8-16)15(2)19(25)23-9-3-4-10-23/h5-6,13,15-16H,3-4,7-12H2,1-2H3,(H,20,21,24)/t15-/m1/s1. The molecule has 3 heterocycles. The minimum absolute atomic E-state index is 0.00607. The third kappa shape index (κ3) is 4.37. The molecule has 2 saturated heterocycles. The van der Waals surface area contributed by atoms with Gasteiger partial charge in [-0.25, -0.2) is 4.98 Å². The molecule has 1 N–H and O–H groups in total. The summed E-state index contributed by atoms with van der Waals surface area (Å²) in [5.41, 5.74) is 1.07. The molecule has 2 aliphatic heterocycles. The Hall–Kier alpha value is -1.95.